The minimum atomic E-state index is 0.0260. The zero-order valence-corrected chi connectivity index (χ0v) is 8.10. The molecule has 0 amide bonds. The van der Waals surface area contributed by atoms with Crippen molar-refractivity contribution in [3.8, 4) is 0 Å². The first kappa shape index (κ1) is 9.99. The van der Waals surface area contributed by atoms with E-state index in [2.05, 4.69) is 10.2 Å². The SMILES string of the molecule is Cc1cccc(C)c1/C(Cl)=N\OF. The Balaban J connectivity index is 3.20. The molecule has 1 aromatic carbocycles. The van der Waals surface area contributed by atoms with Gasteiger partial charge in [0.2, 0.25) is 0 Å². The lowest BCUT2D eigenvalue weighted by atomic mass is 10.0. The zero-order chi connectivity index (χ0) is 9.84. The Morgan fingerprint density at radius 2 is 1.92 bits per heavy atom. The summed E-state index contributed by atoms with van der Waals surface area (Å²) in [6.07, 6.45) is 0. The maximum atomic E-state index is 11.4. The van der Waals surface area contributed by atoms with E-state index in [1.807, 2.05) is 32.0 Å². The van der Waals surface area contributed by atoms with Gasteiger partial charge in [-0.05, 0) is 30.1 Å². The molecule has 0 heterocycles. The number of oxime groups is 1. The number of aryl methyl sites for hydroxylation is 2. The molecule has 1 rings (SSSR count). The van der Waals surface area contributed by atoms with Crippen molar-refractivity contribution >= 4 is 16.8 Å². The second-order valence-corrected chi connectivity index (χ2v) is 3.08. The monoisotopic (exact) mass is 201 g/mol. The van der Waals surface area contributed by atoms with Crippen molar-refractivity contribution in [3.05, 3.63) is 34.9 Å². The first-order chi connectivity index (χ1) is 6.16. The average molecular weight is 202 g/mol. The van der Waals surface area contributed by atoms with E-state index in [1.54, 1.807) is 0 Å². The summed E-state index contributed by atoms with van der Waals surface area (Å²) in [5.41, 5.74) is 2.58. The Hall–Kier alpha value is -1.09. The van der Waals surface area contributed by atoms with E-state index in [-0.39, 0.29) is 5.17 Å². The van der Waals surface area contributed by atoms with Crippen LogP contribution in [-0.2, 0) is 5.04 Å². The Bertz CT molecular complexity index is 318. The third-order valence-corrected chi connectivity index (χ3v) is 2.06. The molecule has 2 nitrogen and oxygen atoms in total. The lowest BCUT2D eigenvalue weighted by molar-refractivity contribution is -0.130. The van der Waals surface area contributed by atoms with Crippen LogP contribution in [0.1, 0.15) is 16.7 Å². The van der Waals surface area contributed by atoms with Crippen molar-refractivity contribution in [1.82, 2.24) is 0 Å². The Kier molecular flexibility index (Phi) is 3.25. The van der Waals surface area contributed by atoms with Gasteiger partial charge in [-0.15, -0.1) is 0 Å². The molecule has 13 heavy (non-hydrogen) atoms. The normalized spacial score (nSPS) is 11.5. The van der Waals surface area contributed by atoms with E-state index < -0.39 is 0 Å². The molecule has 0 atom stereocenters. The second kappa shape index (κ2) is 4.23. The summed E-state index contributed by atoms with van der Waals surface area (Å²) in [6.45, 7) is 3.75. The van der Waals surface area contributed by atoms with E-state index in [1.165, 1.54) is 0 Å². The minimum absolute atomic E-state index is 0.0260. The molecule has 0 aliphatic heterocycles. The molecule has 0 N–H and O–H groups in total. The van der Waals surface area contributed by atoms with Gasteiger partial charge in [-0.1, -0.05) is 29.8 Å². The molecule has 1 aromatic rings. The van der Waals surface area contributed by atoms with E-state index >= 15 is 0 Å². The van der Waals surface area contributed by atoms with Gasteiger partial charge in [-0.25, -0.2) is 0 Å². The summed E-state index contributed by atoms with van der Waals surface area (Å²) in [7, 11) is 0. The molecule has 0 fully saturated rings. The van der Waals surface area contributed by atoms with Crippen molar-refractivity contribution < 1.29 is 9.57 Å². The van der Waals surface area contributed by atoms with Crippen LogP contribution in [0.4, 0.5) is 4.53 Å². The molecular weight excluding hydrogens is 193 g/mol. The average Bonchev–Trinajstić information content (AvgIpc) is 2.04. The molecule has 70 valence electrons. The van der Waals surface area contributed by atoms with Crippen LogP contribution in [0.2, 0.25) is 0 Å². The van der Waals surface area contributed by atoms with Crippen LogP contribution >= 0.6 is 11.6 Å². The van der Waals surface area contributed by atoms with Crippen LogP contribution < -0.4 is 0 Å². The molecule has 0 aliphatic carbocycles. The molecule has 0 aliphatic rings. The van der Waals surface area contributed by atoms with E-state index in [9.17, 15) is 4.53 Å². The highest BCUT2D eigenvalue weighted by atomic mass is 35.5. The molecule has 4 heteroatoms. The molecule has 0 aromatic heterocycles. The lowest BCUT2D eigenvalue weighted by Crippen LogP contribution is -1.98. The molecular formula is C9H9ClFNO. The van der Waals surface area contributed by atoms with Gasteiger partial charge in [0.25, 0.3) is 0 Å². The third-order valence-electron chi connectivity index (χ3n) is 1.80. The van der Waals surface area contributed by atoms with Crippen LogP contribution in [0.25, 0.3) is 0 Å². The second-order valence-electron chi connectivity index (χ2n) is 2.72. The predicted molar refractivity (Wildman–Crippen MR) is 50.5 cm³/mol. The highest BCUT2D eigenvalue weighted by Gasteiger charge is 2.07. The Morgan fingerprint density at radius 1 is 1.38 bits per heavy atom. The highest BCUT2D eigenvalue weighted by molar-refractivity contribution is 6.69. The van der Waals surface area contributed by atoms with Gasteiger partial charge in [-0.3, -0.25) is 0 Å². The fourth-order valence-corrected chi connectivity index (χ4v) is 1.54. The van der Waals surface area contributed by atoms with Crippen molar-refractivity contribution in [2.45, 2.75) is 13.8 Å². The standard InChI is InChI=1S/C9H9ClFNO/c1-6-4-3-5-7(2)8(6)9(10)12-13-11/h3-5H,1-2H3/b12-9+. The van der Waals surface area contributed by atoms with Gasteiger partial charge in [0, 0.05) is 10.1 Å². The highest BCUT2D eigenvalue weighted by Crippen LogP contribution is 2.16. The molecule has 0 radical (unpaired) electrons. The predicted octanol–water partition coefficient (Wildman–Crippen LogP) is 3.10. The quantitative estimate of drug-likeness (QED) is 0.532. The van der Waals surface area contributed by atoms with Crippen molar-refractivity contribution in [3.63, 3.8) is 0 Å². The van der Waals surface area contributed by atoms with Crippen molar-refractivity contribution in [1.29, 1.82) is 0 Å². The fourth-order valence-electron chi connectivity index (χ4n) is 1.22. The van der Waals surface area contributed by atoms with Crippen LogP contribution in [0.3, 0.4) is 0 Å². The van der Waals surface area contributed by atoms with Gasteiger partial charge < -0.3 is 0 Å². The number of benzene rings is 1. The number of halogens is 2. The lowest BCUT2D eigenvalue weighted by Gasteiger charge is -2.05. The number of nitrogens with zero attached hydrogens (tertiary/aromatic N) is 1. The van der Waals surface area contributed by atoms with Crippen LogP contribution in [0.5, 0.6) is 0 Å². The van der Waals surface area contributed by atoms with Crippen molar-refractivity contribution in [2.24, 2.45) is 5.16 Å². The fraction of sp³-hybridized carbons (Fsp3) is 0.222. The maximum absolute atomic E-state index is 11.4. The third kappa shape index (κ3) is 2.18. The summed E-state index contributed by atoms with van der Waals surface area (Å²) in [5, 5.41) is 6.18. The van der Waals surface area contributed by atoms with Gasteiger partial charge in [0.15, 0.2) is 5.17 Å². The molecule has 0 saturated heterocycles. The van der Waals surface area contributed by atoms with Crippen LogP contribution in [0.15, 0.2) is 23.4 Å². The summed E-state index contributed by atoms with van der Waals surface area (Å²) < 4.78 is 11.4. The Labute approximate surface area is 80.9 Å². The maximum Gasteiger partial charge on any atom is 0.180 e. The first-order valence-corrected chi connectivity index (χ1v) is 4.12. The molecule has 0 saturated carbocycles. The van der Waals surface area contributed by atoms with Crippen LogP contribution in [0, 0.1) is 13.8 Å². The smallest absolute Gasteiger partial charge is 0.172 e. The molecule has 0 spiro atoms. The van der Waals surface area contributed by atoms with Crippen molar-refractivity contribution in [2.75, 3.05) is 0 Å². The van der Waals surface area contributed by atoms with Crippen LogP contribution in [-0.4, -0.2) is 5.17 Å². The van der Waals surface area contributed by atoms with E-state index in [0.29, 0.717) is 5.56 Å². The number of hydrogen-bond acceptors (Lipinski definition) is 2. The first-order valence-electron chi connectivity index (χ1n) is 3.74. The summed E-state index contributed by atoms with van der Waals surface area (Å²) >= 11 is 5.70. The van der Waals surface area contributed by atoms with Gasteiger partial charge in [-0.2, -0.15) is 5.04 Å². The zero-order valence-electron chi connectivity index (χ0n) is 7.34. The summed E-state index contributed by atoms with van der Waals surface area (Å²) in [5.74, 6) is 0. The van der Waals surface area contributed by atoms with Gasteiger partial charge in [0.05, 0.1) is 0 Å². The molecule has 0 unspecified atom stereocenters. The minimum Gasteiger partial charge on any atom is -0.172 e. The van der Waals surface area contributed by atoms with E-state index in [4.69, 9.17) is 11.6 Å². The number of hydrogen-bond donors (Lipinski definition) is 0. The molecule has 0 bridgehead atoms. The Morgan fingerprint density at radius 3 is 2.38 bits per heavy atom. The van der Waals surface area contributed by atoms with Gasteiger partial charge in [0.1, 0.15) is 0 Å². The number of rotatable bonds is 2. The van der Waals surface area contributed by atoms with E-state index in [0.717, 1.165) is 11.1 Å². The summed E-state index contributed by atoms with van der Waals surface area (Å²) in [6, 6.07) is 5.64. The topological polar surface area (TPSA) is 21.6 Å². The largest absolute Gasteiger partial charge is 0.180 e. The summed E-state index contributed by atoms with van der Waals surface area (Å²) in [4.78, 5) is 0. The van der Waals surface area contributed by atoms with Gasteiger partial charge >= 0.3 is 0 Å².